The van der Waals surface area contributed by atoms with Crippen LogP contribution in [0, 0.1) is 5.92 Å². The van der Waals surface area contributed by atoms with E-state index in [0.29, 0.717) is 12.0 Å². The van der Waals surface area contributed by atoms with Crippen LogP contribution in [0.3, 0.4) is 0 Å². The first-order valence-electron chi connectivity index (χ1n) is 6.31. The van der Waals surface area contributed by atoms with E-state index in [1.54, 1.807) is 0 Å². The smallest absolute Gasteiger partial charge is 0.0509 e. The normalized spacial score (nSPS) is 21.6. The minimum absolute atomic E-state index is 0.546. The first-order valence-corrected chi connectivity index (χ1v) is 6.69. The van der Waals surface area contributed by atoms with Crippen molar-refractivity contribution in [3.63, 3.8) is 0 Å². The van der Waals surface area contributed by atoms with Gasteiger partial charge in [0.25, 0.3) is 0 Å². The SMILES string of the molecule is CC(NCCc1ccc(Cl)cc1)C1CCOC1. The van der Waals surface area contributed by atoms with Crippen LogP contribution in [0.1, 0.15) is 18.9 Å². The minimum Gasteiger partial charge on any atom is -0.381 e. The van der Waals surface area contributed by atoms with Crippen molar-refractivity contribution in [3.8, 4) is 0 Å². The Kier molecular flexibility index (Phi) is 4.84. The zero-order valence-corrected chi connectivity index (χ0v) is 11.0. The Morgan fingerprint density at radius 1 is 1.41 bits per heavy atom. The predicted octanol–water partition coefficient (Wildman–Crippen LogP) is 2.90. The summed E-state index contributed by atoms with van der Waals surface area (Å²) in [7, 11) is 0. The van der Waals surface area contributed by atoms with Gasteiger partial charge in [0, 0.05) is 17.7 Å². The number of hydrogen-bond donors (Lipinski definition) is 1. The molecule has 1 aliphatic rings. The summed E-state index contributed by atoms with van der Waals surface area (Å²) in [6, 6.07) is 8.63. The number of halogens is 1. The van der Waals surface area contributed by atoms with Crippen LogP contribution in [0.2, 0.25) is 5.02 Å². The lowest BCUT2D eigenvalue weighted by Gasteiger charge is -2.19. The molecule has 94 valence electrons. The van der Waals surface area contributed by atoms with Crippen molar-refractivity contribution in [1.29, 1.82) is 0 Å². The van der Waals surface area contributed by atoms with Crippen LogP contribution in [-0.4, -0.2) is 25.8 Å². The fraction of sp³-hybridized carbons (Fsp3) is 0.571. The Bertz CT molecular complexity index is 333. The van der Waals surface area contributed by atoms with Gasteiger partial charge in [-0.05, 0) is 49.9 Å². The molecule has 1 fully saturated rings. The predicted molar refractivity (Wildman–Crippen MR) is 71.5 cm³/mol. The molecule has 2 atom stereocenters. The largest absolute Gasteiger partial charge is 0.381 e. The van der Waals surface area contributed by atoms with Crippen LogP contribution in [0.25, 0.3) is 0 Å². The average molecular weight is 254 g/mol. The monoisotopic (exact) mass is 253 g/mol. The molecule has 0 aliphatic carbocycles. The maximum Gasteiger partial charge on any atom is 0.0509 e. The fourth-order valence-electron chi connectivity index (χ4n) is 2.21. The second kappa shape index (κ2) is 6.39. The Balaban J connectivity index is 1.70. The standard InChI is InChI=1S/C14H20ClNO/c1-11(13-7-9-17-10-13)16-8-6-12-2-4-14(15)5-3-12/h2-5,11,13,16H,6-10H2,1H3. The van der Waals surface area contributed by atoms with E-state index in [1.165, 1.54) is 12.0 Å². The van der Waals surface area contributed by atoms with E-state index in [1.807, 2.05) is 12.1 Å². The van der Waals surface area contributed by atoms with Gasteiger partial charge in [0.05, 0.1) is 6.61 Å². The highest BCUT2D eigenvalue weighted by Gasteiger charge is 2.21. The molecule has 1 aliphatic heterocycles. The molecule has 2 rings (SSSR count). The van der Waals surface area contributed by atoms with Gasteiger partial charge in [-0.2, -0.15) is 0 Å². The molecule has 1 N–H and O–H groups in total. The highest BCUT2D eigenvalue weighted by molar-refractivity contribution is 6.30. The molecule has 0 saturated carbocycles. The van der Waals surface area contributed by atoms with Crippen LogP contribution in [0.5, 0.6) is 0 Å². The summed E-state index contributed by atoms with van der Waals surface area (Å²) >= 11 is 5.85. The molecule has 0 amide bonds. The van der Waals surface area contributed by atoms with Gasteiger partial charge < -0.3 is 10.1 Å². The Morgan fingerprint density at radius 2 is 2.18 bits per heavy atom. The molecule has 1 heterocycles. The van der Waals surface area contributed by atoms with Crippen LogP contribution in [0.15, 0.2) is 24.3 Å². The molecule has 1 aromatic rings. The molecular weight excluding hydrogens is 234 g/mol. The summed E-state index contributed by atoms with van der Waals surface area (Å²) in [5.41, 5.74) is 1.33. The van der Waals surface area contributed by atoms with E-state index in [2.05, 4.69) is 24.4 Å². The van der Waals surface area contributed by atoms with Gasteiger partial charge in [0.15, 0.2) is 0 Å². The quantitative estimate of drug-likeness (QED) is 0.871. The molecule has 0 aromatic heterocycles. The lowest BCUT2D eigenvalue weighted by atomic mass is 10.0. The van der Waals surface area contributed by atoms with Crippen molar-refractivity contribution in [2.24, 2.45) is 5.92 Å². The van der Waals surface area contributed by atoms with Crippen molar-refractivity contribution in [1.82, 2.24) is 5.32 Å². The van der Waals surface area contributed by atoms with E-state index in [0.717, 1.165) is 31.2 Å². The fourth-order valence-corrected chi connectivity index (χ4v) is 2.33. The highest BCUT2D eigenvalue weighted by Crippen LogP contribution is 2.16. The molecule has 0 radical (unpaired) electrons. The van der Waals surface area contributed by atoms with Crippen LogP contribution >= 0.6 is 11.6 Å². The van der Waals surface area contributed by atoms with Crippen LogP contribution in [-0.2, 0) is 11.2 Å². The molecule has 0 bridgehead atoms. The number of rotatable bonds is 5. The molecular formula is C14H20ClNO. The summed E-state index contributed by atoms with van der Waals surface area (Å²) in [6.45, 7) is 5.10. The Labute approximate surface area is 108 Å². The number of nitrogens with one attached hydrogen (secondary N) is 1. The maximum absolute atomic E-state index is 5.85. The van der Waals surface area contributed by atoms with E-state index < -0.39 is 0 Å². The van der Waals surface area contributed by atoms with Gasteiger partial charge in [-0.1, -0.05) is 23.7 Å². The molecule has 0 spiro atoms. The summed E-state index contributed by atoms with van der Waals surface area (Å²) in [5, 5.41) is 4.38. The topological polar surface area (TPSA) is 21.3 Å². The molecule has 2 unspecified atom stereocenters. The van der Waals surface area contributed by atoms with Gasteiger partial charge >= 0.3 is 0 Å². The van der Waals surface area contributed by atoms with E-state index >= 15 is 0 Å². The van der Waals surface area contributed by atoms with Crippen molar-refractivity contribution >= 4 is 11.6 Å². The van der Waals surface area contributed by atoms with Gasteiger partial charge in [-0.3, -0.25) is 0 Å². The van der Waals surface area contributed by atoms with Gasteiger partial charge in [-0.15, -0.1) is 0 Å². The summed E-state index contributed by atoms with van der Waals surface area (Å²) in [5.74, 6) is 0.681. The molecule has 2 nitrogen and oxygen atoms in total. The zero-order chi connectivity index (χ0) is 12.1. The molecule has 1 aromatic carbocycles. The highest BCUT2D eigenvalue weighted by atomic mass is 35.5. The van der Waals surface area contributed by atoms with Crippen molar-refractivity contribution in [2.45, 2.75) is 25.8 Å². The zero-order valence-electron chi connectivity index (χ0n) is 10.3. The Hall–Kier alpha value is -0.570. The van der Waals surface area contributed by atoms with Crippen molar-refractivity contribution < 1.29 is 4.74 Å². The van der Waals surface area contributed by atoms with Gasteiger partial charge in [0.1, 0.15) is 0 Å². The Morgan fingerprint density at radius 3 is 2.82 bits per heavy atom. The van der Waals surface area contributed by atoms with Crippen molar-refractivity contribution in [2.75, 3.05) is 19.8 Å². The third-order valence-corrected chi connectivity index (χ3v) is 3.72. The van der Waals surface area contributed by atoms with Crippen LogP contribution in [0.4, 0.5) is 0 Å². The summed E-state index contributed by atoms with van der Waals surface area (Å²) in [4.78, 5) is 0. The third kappa shape index (κ3) is 3.98. The third-order valence-electron chi connectivity index (χ3n) is 3.47. The lowest BCUT2D eigenvalue weighted by molar-refractivity contribution is 0.178. The first kappa shape index (κ1) is 12.9. The number of benzene rings is 1. The second-order valence-corrected chi connectivity index (χ2v) is 5.18. The second-order valence-electron chi connectivity index (χ2n) is 4.74. The van der Waals surface area contributed by atoms with E-state index in [9.17, 15) is 0 Å². The number of hydrogen-bond acceptors (Lipinski definition) is 2. The van der Waals surface area contributed by atoms with Crippen molar-refractivity contribution in [3.05, 3.63) is 34.9 Å². The van der Waals surface area contributed by atoms with E-state index in [4.69, 9.17) is 16.3 Å². The average Bonchev–Trinajstić information content (AvgIpc) is 2.85. The first-order chi connectivity index (χ1) is 8.25. The lowest BCUT2D eigenvalue weighted by Crippen LogP contribution is -2.35. The number of ether oxygens (including phenoxy) is 1. The summed E-state index contributed by atoms with van der Waals surface area (Å²) < 4.78 is 5.40. The summed E-state index contributed by atoms with van der Waals surface area (Å²) in [6.07, 6.45) is 2.24. The van der Waals surface area contributed by atoms with Crippen LogP contribution < -0.4 is 5.32 Å². The minimum atomic E-state index is 0.546. The van der Waals surface area contributed by atoms with Gasteiger partial charge in [0.2, 0.25) is 0 Å². The van der Waals surface area contributed by atoms with E-state index in [-0.39, 0.29) is 0 Å². The molecule has 3 heteroatoms. The molecule has 17 heavy (non-hydrogen) atoms. The molecule has 1 saturated heterocycles. The maximum atomic E-state index is 5.85. The van der Waals surface area contributed by atoms with Gasteiger partial charge in [-0.25, -0.2) is 0 Å².